The summed E-state index contributed by atoms with van der Waals surface area (Å²) in [6.07, 6.45) is 3.09. The Hall–Kier alpha value is -0.980. The Balaban J connectivity index is 1.71. The lowest BCUT2D eigenvalue weighted by Gasteiger charge is -2.32. The van der Waals surface area contributed by atoms with Crippen molar-refractivity contribution in [2.75, 3.05) is 32.8 Å². The van der Waals surface area contributed by atoms with Crippen LogP contribution in [0.4, 0.5) is 0 Å². The summed E-state index contributed by atoms with van der Waals surface area (Å²) in [4.78, 5) is 7.00. The van der Waals surface area contributed by atoms with E-state index >= 15 is 0 Å². The molecule has 3 heterocycles. The third kappa shape index (κ3) is 2.80. The van der Waals surface area contributed by atoms with Crippen LogP contribution in [-0.2, 0) is 4.74 Å². The van der Waals surface area contributed by atoms with E-state index in [1.165, 1.54) is 0 Å². The van der Waals surface area contributed by atoms with E-state index in [0.717, 1.165) is 57.9 Å². The van der Waals surface area contributed by atoms with Crippen LogP contribution in [0, 0.1) is 0 Å². The summed E-state index contributed by atoms with van der Waals surface area (Å²) in [5.41, 5.74) is 0. The summed E-state index contributed by atoms with van der Waals surface area (Å²) in [7, 11) is 0. The van der Waals surface area contributed by atoms with Crippen molar-refractivity contribution < 1.29 is 9.26 Å². The fourth-order valence-corrected chi connectivity index (χ4v) is 2.88. The van der Waals surface area contributed by atoms with Gasteiger partial charge >= 0.3 is 0 Å². The molecule has 2 fully saturated rings. The summed E-state index contributed by atoms with van der Waals surface area (Å²) in [5, 5.41) is 7.55. The van der Waals surface area contributed by atoms with Gasteiger partial charge in [-0.15, -0.1) is 0 Å². The van der Waals surface area contributed by atoms with Crippen LogP contribution in [0.5, 0.6) is 0 Å². The normalized spacial score (nSPS) is 26.7. The van der Waals surface area contributed by atoms with Gasteiger partial charge in [-0.25, -0.2) is 0 Å². The molecule has 2 aliphatic heterocycles. The number of piperazine rings is 1. The lowest BCUT2D eigenvalue weighted by atomic mass is 10.1. The minimum atomic E-state index is 0.0155. The minimum absolute atomic E-state index is 0.0155. The van der Waals surface area contributed by atoms with Crippen molar-refractivity contribution in [3.63, 3.8) is 0 Å². The van der Waals surface area contributed by atoms with Crippen LogP contribution >= 0.6 is 0 Å². The number of nitrogens with zero attached hydrogens (tertiary/aromatic N) is 3. The SMILES string of the molecule is CCC(c1noc(C2CCCO2)n1)N1CCNCC1. The highest BCUT2D eigenvalue weighted by molar-refractivity contribution is 4.98. The predicted molar refractivity (Wildman–Crippen MR) is 69.7 cm³/mol. The van der Waals surface area contributed by atoms with Crippen LogP contribution in [0.2, 0.25) is 0 Å². The highest BCUT2D eigenvalue weighted by Gasteiger charge is 2.28. The molecule has 19 heavy (non-hydrogen) atoms. The molecule has 0 bridgehead atoms. The number of rotatable bonds is 4. The molecular weight excluding hydrogens is 244 g/mol. The average Bonchev–Trinajstić information content (AvgIpc) is 3.11. The van der Waals surface area contributed by atoms with E-state index in [4.69, 9.17) is 9.26 Å². The fraction of sp³-hybridized carbons (Fsp3) is 0.846. The van der Waals surface area contributed by atoms with Gasteiger partial charge in [-0.1, -0.05) is 12.1 Å². The van der Waals surface area contributed by atoms with Crippen molar-refractivity contribution in [2.45, 2.75) is 38.3 Å². The zero-order chi connectivity index (χ0) is 13.1. The number of aromatic nitrogens is 2. The molecule has 0 aliphatic carbocycles. The molecule has 2 unspecified atom stereocenters. The van der Waals surface area contributed by atoms with Crippen LogP contribution in [0.15, 0.2) is 4.52 Å². The quantitative estimate of drug-likeness (QED) is 0.885. The number of hydrogen-bond acceptors (Lipinski definition) is 6. The number of nitrogens with one attached hydrogen (secondary N) is 1. The summed E-state index contributed by atoms with van der Waals surface area (Å²) in [6.45, 7) is 7.14. The molecule has 0 spiro atoms. The summed E-state index contributed by atoms with van der Waals surface area (Å²) in [5.74, 6) is 1.47. The molecule has 6 heteroatoms. The number of hydrogen-bond donors (Lipinski definition) is 1. The molecule has 0 aromatic carbocycles. The second-order valence-corrected chi connectivity index (χ2v) is 5.20. The average molecular weight is 266 g/mol. The standard InChI is InChI=1S/C13H22N4O2/c1-2-10(17-7-5-14-6-8-17)12-15-13(19-16-12)11-4-3-9-18-11/h10-11,14H,2-9H2,1H3. The first kappa shape index (κ1) is 13.0. The van der Waals surface area contributed by atoms with Gasteiger partial charge in [0.1, 0.15) is 6.10 Å². The largest absolute Gasteiger partial charge is 0.368 e. The van der Waals surface area contributed by atoms with Gasteiger partial charge in [-0.3, -0.25) is 4.90 Å². The molecule has 1 aromatic rings. The van der Waals surface area contributed by atoms with E-state index in [2.05, 4.69) is 27.3 Å². The van der Waals surface area contributed by atoms with E-state index in [1.54, 1.807) is 0 Å². The Morgan fingerprint density at radius 2 is 2.26 bits per heavy atom. The molecule has 1 N–H and O–H groups in total. The van der Waals surface area contributed by atoms with Crippen LogP contribution in [0.25, 0.3) is 0 Å². The Labute approximate surface area is 113 Å². The van der Waals surface area contributed by atoms with Gasteiger partial charge in [0.2, 0.25) is 0 Å². The summed E-state index contributed by atoms with van der Waals surface area (Å²) < 4.78 is 11.0. The van der Waals surface area contributed by atoms with Crippen LogP contribution in [-0.4, -0.2) is 47.8 Å². The monoisotopic (exact) mass is 266 g/mol. The minimum Gasteiger partial charge on any atom is -0.368 e. The Kier molecular flexibility index (Phi) is 4.10. The van der Waals surface area contributed by atoms with Gasteiger partial charge in [0.15, 0.2) is 5.82 Å². The van der Waals surface area contributed by atoms with Gasteiger partial charge in [0, 0.05) is 32.8 Å². The van der Waals surface area contributed by atoms with E-state index in [-0.39, 0.29) is 12.1 Å². The van der Waals surface area contributed by atoms with Gasteiger partial charge < -0.3 is 14.6 Å². The first-order valence-corrected chi connectivity index (χ1v) is 7.28. The van der Waals surface area contributed by atoms with E-state index < -0.39 is 0 Å². The van der Waals surface area contributed by atoms with Crippen molar-refractivity contribution in [3.8, 4) is 0 Å². The van der Waals surface area contributed by atoms with Gasteiger partial charge in [-0.2, -0.15) is 4.98 Å². The second-order valence-electron chi connectivity index (χ2n) is 5.20. The first-order valence-electron chi connectivity index (χ1n) is 7.28. The molecule has 2 saturated heterocycles. The molecule has 2 aliphatic rings. The number of ether oxygens (including phenoxy) is 1. The van der Waals surface area contributed by atoms with Crippen molar-refractivity contribution in [1.29, 1.82) is 0 Å². The molecule has 2 atom stereocenters. The van der Waals surface area contributed by atoms with E-state index in [9.17, 15) is 0 Å². The Bertz CT molecular complexity index is 397. The third-order valence-electron chi connectivity index (χ3n) is 3.94. The summed E-state index contributed by atoms with van der Waals surface area (Å²) >= 11 is 0. The molecule has 0 amide bonds. The zero-order valence-corrected chi connectivity index (χ0v) is 11.5. The van der Waals surface area contributed by atoms with Crippen molar-refractivity contribution in [1.82, 2.24) is 20.4 Å². The molecule has 6 nitrogen and oxygen atoms in total. The second kappa shape index (κ2) is 5.98. The van der Waals surface area contributed by atoms with E-state index in [1.807, 2.05) is 0 Å². The maximum Gasteiger partial charge on any atom is 0.255 e. The molecule has 0 radical (unpaired) electrons. The van der Waals surface area contributed by atoms with Gasteiger partial charge in [0.05, 0.1) is 6.04 Å². The fourth-order valence-electron chi connectivity index (χ4n) is 2.88. The van der Waals surface area contributed by atoms with Crippen LogP contribution < -0.4 is 5.32 Å². The smallest absolute Gasteiger partial charge is 0.255 e. The predicted octanol–water partition coefficient (Wildman–Crippen LogP) is 1.28. The van der Waals surface area contributed by atoms with Gasteiger partial charge in [0.25, 0.3) is 5.89 Å². The van der Waals surface area contributed by atoms with Crippen molar-refractivity contribution in [3.05, 3.63) is 11.7 Å². The maximum atomic E-state index is 5.59. The van der Waals surface area contributed by atoms with Crippen LogP contribution in [0.1, 0.15) is 50.0 Å². The Morgan fingerprint density at radius 1 is 1.42 bits per heavy atom. The highest BCUT2D eigenvalue weighted by Crippen LogP contribution is 2.29. The molecular formula is C13H22N4O2. The molecule has 0 saturated carbocycles. The molecule has 106 valence electrons. The van der Waals surface area contributed by atoms with Crippen molar-refractivity contribution >= 4 is 0 Å². The lowest BCUT2D eigenvalue weighted by Crippen LogP contribution is -2.45. The Morgan fingerprint density at radius 3 is 2.95 bits per heavy atom. The third-order valence-corrected chi connectivity index (χ3v) is 3.94. The summed E-state index contributed by atoms with van der Waals surface area (Å²) in [6, 6.07) is 0.265. The highest BCUT2D eigenvalue weighted by atomic mass is 16.5. The maximum absolute atomic E-state index is 5.59. The molecule has 1 aromatic heterocycles. The van der Waals surface area contributed by atoms with Gasteiger partial charge in [-0.05, 0) is 19.3 Å². The zero-order valence-electron chi connectivity index (χ0n) is 11.5. The first-order chi connectivity index (χ1) is 9.38. The topological polar surface area (TPSA) is 63.4 Å². The lowest BCUT2D eigenvalue weighted by molar-refractivity contribution is 0.0835. The van der Waals surface area contributed by atoms with E-state index in [0.29, 0.717) is 5.89 Å². The van der Waals surface area contributed by atoms with Crippen LogP contribution in [0.3, 0.4) is 0 Å². The molecule has 3 rings (SSSR count). The van der Waals surface area contributed by atoms with Crippen molar-refractivity contribution in [2.24, 2.45) is 0 Å².